The van der Waals surface area contributed by atoms with Crippen molar-refractivity contribution in [2.75, 3.05) is 0 Å². The highest BCUT2D eigenvalue weighted by molar-refractivity contribution is 5.83. The van der Waals surface area contributed by atoms with Crippen LogP contribution in [0.25, 0.3) is 10.8 Å². The Bertz CT molecular complexity index is 673. The molecule has 0 amide bonds. The lowest BCUT2D eigenvalue weighted by atomic mass is 10.00. The van der Waals surface area contributed by atoms with Crippen molar-refractivity contribution in [2.24, 2.45) is 0 Å². The largest absolute Gasteiger partial charge is 0.242 e. The first-order valence-electron chi connectivity index (χ1n) is 6.49. The lowest BCUT2D eigenvalue weighted by Gasteiger charge is -2.10. The van der Waals surface area contributed by atoms with E-state index in [0.717, 1.165) is 21.9 Å². The van der Waals surface area contributed by atoms with Gasteiger partial charge in [0.2, 0.25) is 0 Å². The minimum atomic E-state index is -0.952. The highest BCUT2D eigenvalue weighted by Gasteiger charge is 2.10. The molecule has 0 aliphatic heterocycles. The molecule has 1 heteroatoms. The molecule has 0 bridgehead atoms. The van der Waals surface area contributed by atoms with Crippen LogP contribution in [0.3, 0.4) is 0 Å². The maximum absolute atomic E-state index is 14.3. The van der Waals surface area contributed by atoms with Crippen LogP contribution in [0, 0.1) is 0 Å². The highest BCUT2D eigenvalue weighted by Crippen LogP contribution is 2.25. The van der Waals surface area contributed by atoms with E-state index >= 15 is 0 Å². The molecule has 0 heterocycles. The third-order valence-corrected chi connectivity index (χ3v) is 3.39. The Morgan fingerprint density at radius 3 is 2.21 bits per heavy atom. The lowest BCUT2D eigenvalue weighted by molar-refractivity contribution is 0.342. The molecule has 3 aromatic rings. The van der Waals surface area contributed by atoms with Crippen molar-refractivity contribution in [1.29, 1.82) is 0 Å². The van der Waals surface area contributed by atoms with E-state index in [4.69, 9.17) is 0 Å². The van der Waals surface area contributed by atoms with Crippen LogP contribution in [-0.4, -0.2) is 0 Å². The molecule has 0 aliphatic carbocycles. The van der Waals surface area contributed by atoms with Crippen LogP contribution in [0.15, 0.2) is 72.8 Å². The Labute approximate surface area is 112 Å². The zero-order valence-electron chi connectivity index (χ0n) is 10.6. The molecule has 1 unspecified atom stereocenters. The van der Waals surface area contributed by atoms with Crippen molar-refractivity contribution in [2.45, 2.75) is 12.6 Å². The SMILES string of the molecule is FC(Cc1ccccc1)c1ccc2ccccc2c1. The van der Waals surface area contributed by atoms with Crippen LogP contribution in [0.2, 0.25) is 0 Å². The van der Waals surface area contributed by atoms with Crippen molar-refractivity contribution in [3.63, 3.8) is 0 Å². The monoisotopic (exact) mass is 250 g/mol. The van der Waals surface area contributed by atoms with Gasteiger partial charge >= 0.3 is 0 Å². The molecular formula is C18H15F. The van der Waals surface area contributed by atoms with Crippen molar-refractivity contribution >= 4 is 10.8 Å². The Balaban J connectivity index is 1.87. The minimum absolute atomic E-state index is 0.430. The summed E-state index contributed by atoms with van der Waals surface area (Å²) in [5.74, 6) is 0. The van der Waals surface area contributed by atoms with Crippen LogP contribution >= 0.6 is 0 Å². The Kier molecular flexibility index (Phi) is 3.28. The highest BCUT2D eigenvalue weighted by atomic mass is 19.1. The molecule has 0 nitrogen and oxygen atoms in total. The van der Waals surface area contributed by atoms with E-state index in [1.807, 2.05) is 72.8 Å². The van der Waals surface area contributed by atoms with Crippen LogP contribution < -0.4 is 0 Å². The van der Waals surface area contributed by atoms with Gasteiger partial charge in [0.15, 0.2) is 0 Å². The molecule has 0 radical (unpaired) electrons. The number of alkyl halides is 1. The van der Waals surface area contributed by atoms with Gasteiger partial charge in [-0.05, 0) is 28.0 Å². The molecule has 0 spiro atoms. The molecular weight excluding hydrogens is 235 g/mol. The fraction of sp³-hybridized carbons (Fsp3) is 0.111. The lowest BCUT2D eigenvalue weighted by Crippen LogP contribution is -1.96. The molecule has 0 saturated carbocycles. The van der Waals surface area contributed by atoms with Gasteiger partial charge in [-0.2, -0.15) is 0 Å². The fourth-order valence-corrected chi connectivity index (χ4v) is 2.34. The molecule has 0 aromatic heterocycles. The van der Waals surface area contributed by atoms with Gasteiger partial charge in [0.05, 0.1) is 0 Å². The third kappa shape index (κ3) is 2.65. The third-order valence-electron chi connectivity index (χ3n) is 3.39. The van der Waals surface area contributed by atoms with E-state index < -0.39 is 6.17 Å². The normalized spacial score (nSPS) is 12.5. The second-order valence-electron chi connectivity index (χ2n) is 4.76. The van der Waals surface area contributed by atoms with E-state index in [0.29, 0.717) is 6.42 Å². The predicted octanol–water partition coefficient (Wildman–Crippen LogP) is 5.09. The maximum atomic E-state index is 14.3. The fourth-order valence-electron chi connectivity index (χ4n) is 2.34. The minimum Gasteiger partial charge on any atom is -0.242 e. The summed E-state index contributed by atoms with van der Waals surface area (Å²) in [6.07, 6.45) is -0.522. The molecule has 19 heavy (non-hydrogen) atoms. The standard InChI is InChI=1S/C18H15F/c19-18(12-14-6-2-1-3-7-14)17-11-10-15-8-4-5-9-16(15)13-17/h1-11,13,18H,12H2. The maximum Gasteiger partial charge on any atom is 0.129 e. The van der Waals surface area contributed by atoms with Gasteiger partial charge in [-0.3, -0.25) is 0 Å². The first-order valence-corrected chi connectivity index (χ1v) is 6.49. The second-order valence-corrected chi connectivity index (χ2v) is 4.76. The first-order chi connectivity index (χ1) is 9.33. The molecule has 0 N–H and O–H groups in total. The zero-order chi connectivity index (χ0) is 13.1. The van der Waals surface area contributed by atoms with E-state index in [9.17, 15) is 4.39 Å². The first kappa shape index (κ1) is 11.9. The second kappa shape index (κ2) is 5.23. The van der Waals surface area contributed by atoms with E-state index in [-0.39, 0.29) is 0 Å². The summed E-state index contributed by atoms with van der Waals surface area (Å²) in [5.41, 5.74) is 1.78. The number of halogens is 1. The van der Waals surface area contributed by atoms with Crippen LogP contribution in [0.1, 0.15) is 17.3 Å². The number of hydrogen-bond donors (Lipinski definition) is 0. The van der Waals surface area contributed by atoms with Gasteiger partial charge in [0, 0.05) is 6.42 Å². The van der Waals surface area contributed by atoms with E-state index in [1.54, 1.807) is 0 Å². The van der Waals surface area contributed by atoms with Gasteiger partial charge in [-0.25, -0.2) is 4.39 Å². The van der Waals surface area contributed by atoms with Crippen molar-refractivity contribution in [3.05, 3.63) is 83.9 Å². The van der Waals surface area contributed by atoms with Gasteiger partial charge in [-0.15, -0.1) is 0 Å². The summed E-state index contributed by atoms with van der Waals surface area (Å²) in [7, 11) is 0. The Hall–Kier alpha value is -2.15. The van der Waals surface area contributed by atoms with E-state index in [1.165, 1.54) is 0 Å². The van der Waals surface area contributed by atoms with Gasteiger partial charge < -0.3 is 0 Å². The van der Waals surface area contributed by atoms with Gasteiger partial charge in [-0.1, -0.05) is 66.7 Å². The number of rotatable bonds is 3. The van der Waals surface area contributed by atoms with Crippen molar-refractivity contribution in [1.82, 2.24) is 0 Å². The summed E-state index contributed by atoms with van der Waals surface area (Å²) in [6.45, 7) is 0. The molecule has 1 atom stereocenters. The summed E-state index contributed by atoms with van der Waals surface area (Å²) in [6, 6.07) is 23.6. The number of hydrogen-bond acceptors (Lipinski definition) is 0. The zero-order valence-corrected chi connectivity index (χ0v) is 10.6. The molecule has 0 aliphatic rings. The van der Waals surface area contributed by atoms with E-state index in [2.05, 4.69) is 0 Å². The topological polar surface area (TPSA) is 0 Å². The molecule has 3 aromatic carbocycles. The van der Waals surface area contributed by atoms with Crippen LogP contribution in [0.5, 0.6) is 0 Å². The van der Waals surface area contributed by atoms with Gasteiger partial charge in [0.1, 0.15) is 6.17 Å². The Morgan fingerprint density at radius 2 is 1.42 bits per heavy atom. The molecule has 0 saturated heterocycles. The van der Waals surface area contributed by atoms with Crippen molar-refractivity contribution < 1.29 is 4.39 Å². The molecule has 94 valence electrons. The average molecular weight is 250 g/mol. The van der Waals surface area contributed by atoms with Crippen molar-refractivity contribution in [3.8, 4) is 0 Å². The smallest absolute Gasteiger partial charge is 0.129 e. The quantitative estimate of drug-likeness (QED) is 0.607. The summed E-state index contributed by atoms with van der Waals surface area (Å²) >= 11 is 0. The summed E-state index contributed by atoms with van der Waals surface area (Å²) < 4.78 is 14.3. The number of fused-ring (bicyclic) bond motifs is 1. The van der Waals surface area contributed by atoms with Crippen LogP contribution in [0.4, 0.5) is 4.39 Å². The summed E-state index contributed by atoms with van der Waals surface area (Å²) in [5, 5.41) is 2.24. The molecule has 0 fully saturated rings. The predicted molar refractivity (Wildman–Crippen MR) is 77.9 cm³/mol. The summed E-state index contributed by atoms with van der Waals surface area (Å²) in [4.78, 5) is 0. The Morgan fingerprint density at radius 1 is 0.737 bits per heavy atom. The van der Waals surface area contributed by atoms with Crippen LogP contribution in [-0.2, 0) is 6.42 Å². The van der Waals surface area contributed by atoms with Gasteiger partial charge in [0.25, 0.3) is 0 Å². The molecule has 3 rings (SSSR count). The average Bonchev–Trinajstić information content (AvgIpc) is 2.48. The number of benzene rings is 3.